The maximum atomic E-state index is 14.8. The van der Waals surface area contributed by atoms with Gasteiger partial charge in [-0.3, -0.25) is 14.4 Å². The van der Waals surface area contributed by atoms with Crippen LogP contribution >= 0.6 is 39.3 Å². The minimum Gasteiger partial charge on any atom is -0.396 e. The van der Waals surface area contributed by atoms with Crippen molar-refractivity contribution in [3.8, 4) is 0 Å². The molecule has 0 saturated carbocycles. The van der Waals surface area contributed by atoms with Crippen LogP contribution in [0.15, 0.2) is 43.5 Å². The number of nitrogens with zero attached hydrogens (tertiary/aromatic N) is 3. The molecule has 10 heteroatoms. The molecule has 2 bridgehead atoms. The summed E-state index contributed by atoms with van der Waals surface area (Å²) in [6.45, 7) is 13.4. The predicted molar refractivity (Wildman–Crippen MR) is 171 cm³/mol. The molecule has 224 valence electrons. The van der Waals surface area contributed by atoms with Crippen LogP contribution in [0.2, 0.25) is 5.02 Å². The molecule has 3 fully saturated rings. The number of amides is 3. The number of aliphatic hydroxyl groups excluding tert-OH is 1. The normalized spacial score (nSPS) is 28.1. The van der Waals surface area contributed by atoms with Crippen molar-refractivity contribution >= 4 is 62.7 Å². The number of anilines is 1. The number of alkyl halides is 1. The highest BCUT2D eigenvalue weighted by atomic mass is 79.9. The second-order valence-corrected chi connectivity index (χ2v) is 14.3. The Bertz CT molecular complexity index is 1160. The van der Waals surface area contributed by atoms with Crippen LogP contribution in [0.1, 0.15) is 44.6 Å². The Morgan fingerprint density at radius 3 is 2.59 bits per heavy atom. The summed E-state index contributed by atoms with van der Waals surface area (Å²) in [7, 11) is 0. The molecule has 0 aromatic heterocycles. The maximum absolute atomic E-state index is 14.8. The molecule has 4 rings (SSSR count). The number of thioether (sulfide) groups is 1. The molecule has 3 saturated heterocycles. The molecule has 3 unspecified atom stereocenters. The van der Waals surface area contributed by atoms with Gasteiger partial charge in [0.1, 0.15) is 6.04 Å². The zero-order valence-corrected chi connectivity index (χ0v) is 27.1. The van der Waals surface area contributed by atoms with Crippen LogP contribution in [0, 0.1) is 18.8 Å². The number of aliphatic hydroxyl groups is 1. The van der Waals surface area contributed by atoms with Crippen LogP contribution in [0.4, 0.5) is 5.69 Å². The van der Waals surface area contributed by atoms with Crippen molar-refractivity contribution in [1.29, 1.82) is 0 Å². The van der Waals surface area contributed by atoms with Crippen molar-refractivity contribution in [2.75, 3.05) is 37.7 Å². The summed E-state index contributed by atoms with van der Waals surface area (Å²) in [5, 5.41) is 9.67. The van der Waals surface area contributed by atoms with Gasteiger partial charge in [-0.25, -0.2) is 0 Å². The van der Waals surface area contributed by atoms with Crippen LogP contribution < -0.4 is 4.90 Å². The molecule has 3 aliphatic rings. The zero-order chi connectivity index (χ0) is 29.9. The molecule has 3 heterocycles. The van der Waals surface area contributed by atoms with Gasteiger partial charge in [-0.05, 0) is 50.7 Å². The van der Waals surface area contributed by atoms with E-state index >= 15 is 0 Å². The first-order chi connectivity index (χ1) is 19.7. The van der Waals surface area contributed by atoms with Crippen molar-refractivity contribution in [2.24, 2.45) is 11.8 Å². The third-order valence-electron chi connectivity index (χ3n) is 8.56. The van der Waals surface area contributed by atoms with E-state index in [-0.39, 0.29) is 41.0 Å². The number of halogens is 2. The average Bonchev–Trinajstić information content (AvgIpc) is 3.53. The Labute approximate surface area is 261 Å². The summed E-state index contributed by atoms with van der Waals surface area (Å²) in [5.41, 5.74) is 1.47. The van der Waals surface area contributed by atoms with Gasteiger partial charge in [0.2, 0.25) is 11.8 Å². The number of hydrogen-bond donors (Lipinski definition) is 1. The van der Waals surface area contributed by atoms with Gasteiger partial charge in [-0.1, -0.05) is 58.7 Å². The Hall–Kier alpha value is -1.81. The van der Waals surface area contributed by atoms with E-state index in [0.717, 1.165) is 18.4 Å². The van der Waals surface area contributed by atoms with Gasteiger partial charge in [0.05, 0.1) is 27.3 Å². The zero-order valence-electron chi connectivity index (χ0n) is 23.9. The van der Waals surface area contributed by atoms with E-state index in [4.69, 9.17) is 11.6 Å². The number of aryl methyl sites for hydroxylation is 1. The van der Waals surface area contributed by atoms with E-state index in [9.17, 15) is 19.5 Å². The first-order valence-electron chi connectivity index (χ1n) is 14.5. The Morgan fingerprint density at radius 1 is 1.22 bits per heavy atom. The van der Waals surface area contributed by atoms with Gasteiger partial charge >= 0.3 is 0 Å². The summed E-state index contributed by atoms with van der Waals surface area (Å²) in [5.74, 6) is -1.47. The van der Waals surface area contributed by atoms with Crippen molar-refractivity contribution in [2.45, 2.75) is 66.8 Å². The number of para-hydroxylation sites is 1. The van der Waals surface area contributed by atoms with Crippen LogP contribution in [-0.2, 0) is 14.4 Å². The number of carbonyl (C=O) groups excluding carboxylic acids is 3. The SMILES string of the molecule is C=CCN(CCC)C(=O)[C@H]1[C@@H]2SC3(CC2Br)C(C(=O)N(CC=C)c2c(C)cccc2Cl)N(CCCCCO)C(=O)[C@H]13. The van der Waals surface area contributed by atoms with E-state index in [0.29, 0.717) is 49.6 Å². The fourth-order valence-corrected chi connectivity index (χ4v) is 10.9. The molecule has 6 atom stereocenters. The molecule has 41 heavy (non-hydrogen) atoms. The van der Waals surface area contributed by atoms with Crippen LogP contribution in [0.3, 0.4) is 0 Å². The van der Waals surface area contributed by atoms with E-state index in [1.165, 1.54) is 0 Å². The molecule has 3 aliphatic heterocycles. The van der Waals surface area contributed by atoms with Crippen molar-refractivity contribution in [3.63, 3.8) is 0 Å². The topological polar surface area (TPSA) is 81.2 Å². The van der Waals surface area contributed by atoms with Gasteiger partial charge < -0.3 is 19.8 Å². The number of hydrogen-bond acceptors (Lipinski definition) is 5. The summed E-state index contributed by atoms with van der Waals surface area (Å²) < 4.78 is -0.745. The highest BCUT2D eigenvalue weighted by Gasteiger charge is 2.76. The first-order valence-corrected chi connectivity index (χ1v) is 16.7. The number of fused-ring (bicyclic) bond motifs is 1. The molecule has 1 spiro atoms. The minimum atomic E-state index is -0.753. The van der Waals surface area contributed by atoms with Gasteiger partial charge in [-0.15, -0.1) is 24.9 Å². The second kappa shape index (κ2) is 13.7. The number of carbonyl (C=O) groups is 3. The third kappa shape index (κ3) is 5.76. The lowest BCUT2D eigenvalue weighted by atomic mass is 9.70. The third-order valence-corrected chi connectivity index (χ3v) is 12.1. The number of benzene rings is 1. The molecule has 3 amide bonds. The lowest BCUT2D eigenvalue weighted by Crippen LogP contribution is -2.56. The lowest BCUT2D eigenvalue weighted by molar-refractivity contribution is -0.143. The Morgan fingerprint density at radius 2 is 1.95 bits per heavy atom. The monoisotopic (exact) mass is 665 g/mol. The lowest BCUT2D eigenvalue weighted by Gasteiger charge is -2.39. The molecule has 7 nitrogen and oxygen atoms in total. The van der Waals surface area contributed by atoms with E-state index in [2.05, 4.69) is 29.1 Å². The van der Waals surface area contributed by atoms with Crippen LogP contribution in [0.25, 0.3) is 0 Å². The minimum absolute atomic E-state index is 0.00255. The van der Waals surface area contributed by atoms with Crippen molar-refractivity contribution in [1.82, 2.24) is 9.80 Å². The highest BCUT2D eigenvalue weighted by Crippen LogP contribution is 2.68. The Balaban J connectivity index is 1.80. The summed E-state index contributed by atoms with van der Waals surface area (Å²) >= 11 is 12.2. The smallest absolute Gasteiger partial charge is 0.251 e. The van der Waals surface area contributed by atoms with Gasteiger partial charge in [0.15, 0.2) is 0 Å². The number of rotatable bonds is 14. The van der Waals surface area contributed by atoms with Crippen molar-refractivity contribution in [3.05, 3.63) is 54.1 Å². The fourth-order valence-electron chi connectivity index (χ4n) is 6.96. The standard InChI is InChI=1S/C31H41BrClN3O4S/c1-5-14-34(15-6-2)28(38)23-24-29(39)36(17-9-8-10-18-37)27(31(24)19-21(32)26(23)41-31)30(40)35(16-7-3)25-20(4)12-11-13-22(25)33/h5,7,11-13,21,23-24,26-27,37H,1,3,6,8-10,14-19H2,2,4H3/t21?,23-,24+,26-,27?,31?/m1/s1. The van der Waals surface area contributed by atoms with E-state index in [1.54, 1.807) is 44.7 Å². The number of likely N-dealkylation sites (tertiary alicyclic amines) is 1. The maximum Gasteiger partial charge on any atom is 0.251 e. The molecule has 1 aromatic rings. The van der Waals surface area contributed by atoms with Gasteiger partial charge in [-0.2, -0.15) is 0 Å². The predicted octanol–water partition coefficient (Wildman–Crippen LogP) is 5.22. The highest BCUT2D eigenvalue weighted by molar-refractivity contribution is 9.09. The quantitative estimate of drug-likeness (QED) is 0.167. The fraction of sp³-hybridized carbons (Fsp3) is 0.581. The summed E-state index contributed by atoms with van der Waals surface area (Å²) in [4.78, 5) is 48.5. The molecule has 0 aliphatic carbocycles. The summed E-state index contributed by atoms with van der Waals surface area (Å²) in [6.07, 6.45) is 6.85. The first kappa shape index (κ1) is 32.1. The van der Waals surface area contributed by atoms with E-state index < -0.39 is 22.6 Å². The molecular weight excluding hydrogens is 626 g/mol. The van der Waals surface area contributed by atoms with Gasteiger partial charge in [0.25, 0.3) is 5.91 Å². The Kier molecular flexibility index (Phi) is 10.7. The molecular formula is C31H41BrClN3O4S. The molecule has 1 N–H and O–H groups in total. The largest absolute Gasteiger partial charge is 0.396 e. The second-order valence-electron chi connectivity index (χ2n) is 11.2. The van der Waals surface area contributed by atoms with Crippen LogP contribution in [0.5, 0.6) is 0 Å². The van der Waals surface area contributed by atoms with E-state index in [1.807, 2.05) is 26.0 Å². The van der Waals surface area contributed by atoms with Gasteiger partial charge in [0, 0.05) is 42.9 Å². The van der Waals surface area contributed by atoms with Crippen LogP contribution in [-0.4, -0.2) is 86.3 Å². The number of unbranched alkanes of at least 4 members (excludes halogenated alkanes) is 2. The molecule has 1 aromatic carbocycles. The van der Waals surface area contributed by atoms with Crippen molar-refractivity contribution < 1.29 is 19.5 Å². The molecule has 0 radical (unpaired) electrons. The average molecular weight is 667 g/mol. The summed E-state index contributed by atoms with van der Waals surface area (Å²) in [6, 6.07) is 4.78.